The number of ether oxygens (including phenoxy) is 1. The van der Waals surface area contributed by atoms with Gasteiger partial charge in [0.2, 0.25) is 0 Å². The molecule has 0 saturated carbocycles. The quantitative estimate of drug-likeness (QED) is 0.713. The van der Waals surface area contributed by atoms with E-state index in [-0.39, 0.29) is 18.0 Å². The molecule has 1 unspecified atom stereocenters. The molecule has 1 atom stereocenters. The predicted molar refractivity (Wildman–Crippen MR) is 64.1 cm³/mol. The van der Waals surface area contributed by atoms with Crippen molar-refractivity contribution in [3.8, 4) is 0 Å². The number of nitrogens with zero attached hydrogens (tertiary/aromatic N) is 1. The summed E-state index contributed by atoms with van der Waals surface area (Å²) in [5.74, 6) is 0.200. The van der Waals surface area contributed by atoms with Crippen molar-refractivity contribution in [2.75, 3.05) is 26.7 Å². The van der Waals surface area contributed by atoms with Crippen LogP contribution < -0.4 is 5.73 Å². The van der Waals surface area contributed by atoms with E-state index in [1.54, 1.807) is 0 Å². The number of carbonyl (C=O) groups is 1. The molecular formula is C12H24N2O2. The smallest absolute Gasteiger partial charge is 0.306 e. The summed E-state index contributed by atoms with van der Waals surface area (Å²) in [5.41, 5.74) is 5.57. The molecule has 1 saturated heterocycles. The summed E-state index contributed by atoms with van der Waals surface area (Å²) in [5, 5.41) is 0. The van der Waals surface area contributed by atoms with Crippen molar-refractivity contribution < 1.29 is 9.53 Å². The number of hydrogen-bond donors (Lipinski definition) is 1. The minimum Gasteiger partial charge on any atom is -0.462 e. The van der Waals surface area contributed by atoms with E-state index in [2.05, 4.69) is 18.9 Å². The molecule has 94 valence electrons. The van der Waals surface area contributed by atoms with Crippen LogP contribution in [0.15, 0.2) is 0 Å². The van der Waals surface area contributed by atoms with E-state index in [0.29, 0.717) is 13.0 Å². The molecule has 0 aromatic carbocycles. The molecule has 1 aliphatic heterocycles. The monoisotopic (exact) mass is 228 g/mol. The number of likely N-dealkylation sites (tertiary alicyclic amines) is 1. The van der Waals surface area contributed by atoms with Crippen molar-refractivity contribution >= 4 is 5.97 Å². The normalized spacial score (nSPS) is 20.7. The highest BCUT2D eigenvalue weighted by Gasteiger charge is 2.21. The molecule has 1 fully saturated rings. The zero-order valence-electron chi connectivity index (χ0n) is 10.4. The van der Waals surface area contributed by atoms with Crippen LogP contribution in [0.25, 0.3) is 0 Å². The Kier molecular flexibility index (Phi) is 5.77. The minimum absolute atomic E-state index is 0.0770. The van der Waals surface area contributed by atoms with Gasteiger partial charge in [-0.25, -0.2) is 0 Å². The average Bonchev–Trinajstić information content (AvgIpc) is 2.29. The maximum Gasteiger partial charge on any atom is 0.306 e. The third-order valence-electron chi connectivity index (χ3n) is 3.33. The fourth-order valence-corrected chi connectivity index (χ4v) is 1.97. The summed E-state index contributed by atoms with van der Waals surface area (Å²) >= 11 is 0. The minimum atomic E-state index is -0.0770. The van der Waals surface area contributed by atoms with Gasteiger partial charge in [-0.2, -0.15) is 0 Å². The van der Waals surface area contributed by atoms with Crippen LogP contribution in [0.3, 0.4) is 0 Å². The lowest BCUT2D eigenvalue weighted by atomic mass is 10.0. The average molecular weight is 228 g/mol. The van der Waals surface area contributed by atoms with E-state index < -0.39 is 0 Å². The Bertz CT molecular complexity index is 209. The molecule has 4 heteroatoms. The lowest BCUT2D eigenvalue weighted by Gasteiger charge is -2.28. The van der Waals surface area contributed by atoms with Gasteiger partial charge >= 0.3 is 5.97 Å². The van der Waals surface area contributed by atoms with Crippen LogP contribution >= 0.6 is 0 Å². The Morgan fingerprint density at radius 1 is 1.50 bits per heavy atom. The number of esters is 1. The van der Waals surface area contributed by atoms with Crippen molar-refractivity contribution in [1.29, 1.82) is 0 Å². The van der Waals surface area contributed by atoms with E-state index >= 15 is 0 Å². The molecule has 0 radical (unpaired) electrons. The van der Waals surface area contributed by atoms with E-state index in [1.165, 1.54) is 0 Å². The number of rotatable bonds is 5. The highest BCUT2D eigenvalue weighted by atomic mass is 16.5. The molecule has 0 aromatic rings. The fourth-order valence-electron chi connectivity index (χ4n) is 1.97. The van der Waals surface area contributed by atoms with Gasteiger partial charge in [0.1, 0.15) is 6.10 Å². The largest absolute Gasteiger partial charge is 0.462 e. The maximum absolute atomic E-state index is 11.6. The molecule has 0 spiro atoms. The van der Waals surface area contributed by atoms with Gasteiger partial charge in [-0.05, 0) is 32.4 Å². The second kappa shape index (κ2) is 6.86. The van der Waals surface area contributed by atoms with Gasteiger partial charge in [-0.3, -0.25) is 4.79 Å². The van der Waals surface area contributed by atoms with Crippen LogP contribution in [0.2, 0.25) is 0 Å². The van der Waals surface area contributed by atoms with Crippen LogP contribution in [0.1, 0.15) is 32.6 Å². The van der Waals surface area contributed by atoms with Gasteiger partial charge in [0.15, 0.2) is 0 Å². The maximum atomic E-state index is 11.6. The van der Waals surface area contributed by atoms with Gasteiger partial charge < -0.3 is 15.4 Å². The van der Waals surface area contributed by atoms with Gasteiger partial charge in [-0.15, -0.1) is 0 Å². The molecule has 16 heavy (non-hydrogen) atoms. The molecule has 1 heterocycles. The Morgan fingerprint density at radius 3 is 2.62 bits per heavy atom. The number of piperidine rings is 1. The lowest BCUT2D eigenvalue weighted by Crippen LogP contribution is -2.35. The summed E-state index contributed by atoms with van der Waals surface area (Å²) in [7, 11) is 2.10. The first-order valence-corrected chi connectivity index (χ1v) is 6.23. The Labute approximate surface area is 98.1 Å². The Balaban J connectivity index is 2.23. The SMILES string of the molecule is CCC(CN)CC(=O)OC1CCN(C)CC1. The van der Waals surface area contributed by atoms with Gasteiger partial charge in [0.05, 0.1) is 0 Å². The summed E-state index contributed by atoms with van der Waals surface area (Å²) in [6.45, 7) is 4.66. The molecule has 1 aliphatic rings. The summed E-state index contributed by atoms with van der Waals surface area (Å²) in [6, 6.07) is 0. The summed E-state index contributed by atoms with van der Waals surface area (Å²) in [6.07, 6.45) is 3.46. The molecule has 0 bridgehead atoms. The highest BCUT2D eigenvalue weighted by Crippen LogP contribution is 2.15. The first-order valence-electron chi connectivity index (χ1n) is 6.23. The summed E-state index contributed by atoms with van der Waals surface area (Å²) in [4.78, 5) is 13.9. The molecule has 4 nitrogen and oxygen atoms in total. The number of hydrogen-bond acceptors (Lipinski definition) is 4. The molecule has 0 amide bonds. The van der Waals surface area contributed by atoms with Gasteiger partial charge in [-0.1, -0.05) is 13.3 Å². The van der Waals surface area contributed by atoms with Crippen molar-refractivity contribution in [2.45, 2.75) is 38.7 Å². The Morgan fingerprint density at radius 2 is 2.12 bits per heavy atom. The van der Waals surface area contributed by atoms with E-state index in [1.807, 2.05) is 0 Å². The van der Waals surface area contributed by atoms with Crippen LogP contribution in [0, 0.1) is 5.92 Å². The van der Waals surface area contributed by atoms with E-state index in [9.17, 15) is 4.79 Å². The number of nitrogens with two attached hydrogens (primary N) is 1. The lowest BCUT2D eigenvalue weighted by molar-refractivity contribution is -0.152. The molecule has 1 rings (SSSR count). The van der Waals surface area contributed by atoms with Gasteiger partial charge in [0.25, 0.3) is 0 Å². The van der Waals surface area contributed by atoms with Crippen LogP contribution in [0.4, 0.5) is 0 Å². The van der Waals surface area contributed by atoms with Crippen molar-refractivity contribution in [1.82, 2.24) is 4.90 Å². The molecular weight excluding hydrogens is 204 g/mol. The van der Waals surface area contributed by atoms with Crippen molar-refractivity contribution in [3.63, 3.8) is 0 Å². The molecule has 0 aromatic heterocycles. The standard InChI is InChI=1S/C12H24N2O2/c1-3-10(9-13)8-12(15)16-11-4-6-14(2)7-5-11/h10-11H,3-9,13H2,1-2H3. The van der Waals surface area contributed by atoms with Crippen LogP contribution in [-0.4, -0.2) is 43.7 Å². The second-order valence-electron chi connectivity index (χ2n) is 4.71. The van der Waals surface area contributed by atoms with Crippen LogP contribution in [0.5, 0.6) is 0 Å². The Hall–Kier alpha value is -0.610. The van der Waals surface area contributed by atoms with Crippen LogP contribution in [-0.2, 0) is 9.53 Å². The van der Waals surface area contributed by atoms with Crippen molar-refractivity contribution in [2.24, 2.45) is 11.7 Å². The first kappa shape index (κ1) is 13.5. The molecule has 2 N–H and O–H groups in total. The number of carbonyl (C=O) groups excluding carboxylic acids is 1. The third-order valence-corrected chi connectivity index (χ3v) is 3.33. The second-order valence-corrected chi connectivity index (χ2v) is 4.71. The van der Waals surface area contributed by atoms with Crippen molar-refractivity contribution in [3.05, 3.63) is 0 Å². The summed E-state index contributed by atoms with van der Waals surface area (Å²) < 4.78 is 5.45. The zero-order valence-corrected chi connectivity index (χ0v) is 10.4. The topological polar surface area (TPSA) is 55.6 Å². The zero-order chi connectivity index (χ0) is 12.0. The van der Waals surface area contributed by atoms with Gasteiger partial charge in [0, 0.05) is 19.5 Å². The third kappa shape index (κ3) is 4.49. The first-order chi connectivity index (χ1) is 7.65. The molecule has 0 aliphatic carbocycles. The van der Waals surface area contributed by atoms with E-state index in [0.717, 1.165) is 32.4 Å². The fraction of sp³-hybridized carbons (Fsp3) is 0.917. The van der Waals surface area contributed by atoms with E-state index in [4.69, 9.17) is 10.5 Å². The highest BCUT2D eigenvalue weighted by molar-refractivity contribution is 5.69. The predicted octanol–water partition coefficient (Wildman–Crippen LogP) is 0.999.